The fourth-order valence-corrected chi connectivity index (χ4v) is 2.40. The van der Waals surface area contributed by atoms with Crippen LogP contribution in [0.25, 0.3) is 11.5 Å². The van der Waals surface area contributed by atoms with Crippen molar-refractivity contribution in [2.45, 2.75) is 6.92 Å². The predicted molar refractivity (Wildman–Crippen MR) is 72.2 cm³/mol. The lowest BCUT2D eigenvalue weighted by molar-refractivity contribution is -0.785. The van der Waals surface area contributed by atoms with Crippen molar-refractivity contribution >= 4 is 0 Å². The maximum atomic E-state index is 2.16. The summed E-state index contributed by atoms with van der Waals surface area (Å²) in [7, 11) is 4.10. The number of rotatable bonds is 2. The number of hydrogen-bond donors (Lipinski definition) is 0. The van der Waals surface area contributed by atoms with Crippen LogP contribution in [0.2, 0.25) is 0 Å². The predicted octanol–water partition coefficient (Wildman–Crippen LogP) is 1.23. The highest BCUT2D eigenvalue weighted by Crippen LogP contribution is 2.12. The monoisotopic (exact) mass is 254 g/mol. The molecule has 0 spiro atoms. The zero-order chi connectivity index (χ0) is 13.4. The molecule has 3 aromatic rings. The molecular formula is C15H18N4+2. The van der Waals surface area contributed by atoms with E-state index in [-0.39, 0.29) is 0 Å². The lowest BCUT2D eigenvalue weighted by atomic mass is 10.2. The molecule has 1 aromatic carbocycles. The van der Waals surface area contributed by atoms with Crippen LogP contribution >= 0.6 is 0 Å². The van der Waals surface area contributed by atoms with Gasteiger partial charge in [0.15, 0.2) is 13.2 Å². The summed E-state index contributed by atoms with van der Waals surface area (Å²) in [5, 5.41) is 0. The Morgan fingerprint density at radius 1 is 0.895 bits per heavy atom. The third-order valence-electron chi connectivity index (χ3n) is 3.49. The van der Waals surface area contributed by atoms with Crippen LogP contribution in [0.5, 0.6) is 0 Å². The van der Waals surface area contributed by atoms with Crippen LogP contribution in [0, 0.1) is 6.92 Å². The van der Waals surface area contributed by atoms with Crippen LogP contribution in [0.3, 0.4) is 0 Å². The number of aryl methyl sites for hydroxylation is 2. The molecule has 0 saturated carbocycles. The topological polar surface area (TPSA) is 17.6 Å². The zero-order valence-corrected chi connectivity index (χ0v) is 11.5. The highest BCUT2D eigenvalue weighted by atomic mass is 15.5. The minimum Gasteiger partial charge on any atom is -0.191 e. The lowest BCUT2D eigenvalue weighted by Crippen LogP contribution is -2.47. The van der Waals surface area contributed by atoms with E-state index in [4.69, 9.17) is 0 Å². The van der Waals surface area contributed by atoms with Gasteiger partial charge in [0.2, 0.25) is 6.20 Å². The van der Waals surface area contributed by atoms with Crippen LogP contribution < -0.4 is 9.36 Å². The second-order valence-electron chi connectivity index (χ2n) is 4.74. The molecule has 2 aromatic heterocycles. The minimum atomic E-state index is 1.12. The van der Waals surface area contributed by atoms with Crippen molar-refractivity contribution in [1.29, 1.82) is 0 Å². The summed E-state index contributed by atoms with van der Waals surface area (Å²) in [5.74, 6) is 1.12. The number of nitrogens with zero attached hydrogens (tertiary/aromatic N) is 4. The van der Waals surface area contributed by atoms with Crippen molar-refractivity contribution in [3.05, 3.63) is 60.6 Å². The fourth-order valence-electron chi connectivity index (χ4n) is 2.40. The van der Waals surface area contributed by atoms with E-state index in [9.17, 15) is 0 Å². The van der Waals surface area contributed by atoms with E-state index < -0.39 is 0 Å². The molecule has 3 rings (SSSR count). The summed E-state index contributed by atoms with van der Waals surface area (Å²) in [6.45, 7) is 2.13. The largest absolute Gasteiger partial charge is 0.362 e. The highest BCUT2D eigenvalue weighted by Gasteiger charge is 2.21. The molecule has 19 heavy (non-hydrogen) atoms. The van der Waals surface area contributed by atoms with Crippen molar-refractivity contribution in [3.8, 4) is 11.5 Å². The summed E-state index contributed by atoms with van der Waals surface area (Å²) >= 11 is 0. The Bertz CT molecular complexity index is 721. The van der Waals surface area contributed by atoms with Crippen molar-refractivity contribution in [2.75, 3.05) is 0 Å². The van der Waals surface area contributed by atoms with Gasteiger partial charge in [-0.05, 0) is 23.2 Å². The molecule has 0 atom stereocenters. The normalized spacial score (nSPS) is 10.9. The number of aromatic nitrogens is 4. The van der Waals surface area contributed by atoms with Gasteiger partial charge >= 0.3 is 5.82 Å². The first-order valence-electron chi connectivity index (χ1n) is 6.36. The van der Waals surface area contributed by atoms with Gasteiger partial charge in [-0.25, -0.2) is 0 Å². The van der Waals surface area contributed by atoms with Crippen LogP contribution in [-0.4, -0.2) is 9.36 Å². The van der Waals surface area contributed by atoms with Crippen LogP contribution in [-0.2, 0) is 14.1 Å². The molecule has 4 nitrogen and oxygen atoms in total. The molecule has 2 heterocycles. The molecule has 0 saturated heterocycles. The smallest absolute Gasteiger partial charge is 0.191 e. The van der Waals surface area contributed by atoms with E-state index >= 15 is 0 Å². The molecule has 0 unspecified atom stereocenters. The van der Waals surface area contributed by atoms with Gasteiger partial charge in [-0.15, -0.1) is 0 Å². The summed E-state index contributed by atoms with van der Waals surface area (Å²) in [6, 6.07) is 12.5. The van der Waals surface area contributed by atoms with Gasteiger partial charge in [-0.2, -0.15) is 9.36 Å². The quantitative estimate of drug-likeness (QED) is 0.612. The summed E-state index contributed by atoms with van der Waals surface area (Å²) in [4.78, 5) is 0. The molecule has 0 aliphatic heterocycles. The van der Waals surface area contributed by atoms with E-state index in [0.29, 0.717) is 0 Å². The molecule has 0 aliphatic rings. The van der Waals surface area contributed by atoms with Gasteiger partial charge in [-0.1, -0.05) is 18.2 Å². The SMILES string of the molecule is Cc1ccccc1-n1ccc(-n2ccc[n+]2C)[n+]1C. The first kappa shape index (κ1) is 11.7. The minimum absolute atomic E-state index is 1.12. The molecule has 96 valence electrons. The summed E-state index contributed by atoms with van der Waals surface area (Å²) < 4.78 is 8.46. The van der Waals surface area contributed by atoms with Crippen molar-refractivity contribution in [1.82, 2.24) is 9.36 Å². The van der Waals surface area contributed by atoms with E-state index in [1.165, 1.54) is 11.3 Å². The van der Waals surface area contributed by atoms with Gasteiger partial charge in [0, 0.05) is 4.68 Å². The molecule has 0 aliphatic carbocycles. The fraction of sp³-hybridized carbons (Fsp3) is 0.200. The van der Waals surface area contributed by atoms with Crippen LogP contribution in [0.15, 0.2) is 55.0 Å². The van der Waals surface area contributed by atoms with Gasteiger partial charge in [0.05, 0.1) is 24.0 Å². The van der Waals surface area contributed by atoms with Gasteiger partial charge in [0.25, 0.3) is 0 Å². The van der Waals surface area contributed by atoms with E-state index in [2.05, 4.69) is 75.4 Å². The Morgan fingerprint density at radius 3 is 2.37 bits per heavy atom. The second-order valence-corrected chi connectivity index (χ2v) is 4.74. The molecule has 4 heteroatoms. The van der Waals surface area contributed by atoms with E-state index in [0.717, 1.165) is 5.82 Å². The first-order valence-corrected chi connectivity index (χ1v) is 6.36. The third-order valence-corrected chi connectivity index (χ3v) is 3.49. The second kappa shape index (κ2) is 4.39. The molecule has 0 amide bonds. The van der Waals surface area contributed by atoms with Crippen LogP contribution in [0.4, 0.5) is 0 Å². The summed E-state index contributed by atoms with van der Waals surface area (Å²) in [5.41, 5.74) is 2.46. The Hall–Kier alpha value is -2.36. The Balaban J connectivity index is 2.15. The van der Waals surface area contributed by atoms with E-state index in [1.54, 1.807) is 0 Å². The Kier molecular flexibility index (Phi) is 2.71. The summed E-state index contributed by atoms with van der Waals surface area (Å²) in [6.07, 6.45) is 6.18. The van der Waals surface area contributed by atoms with Crippen molar-refractivity contribution in [3.63, 3.8) is 0 Å². The molecular weight excluding hydrogens is 236 g/mol. The van der Waals surface area contributed by atoms with Gasteiger partial charge in [0.1, 0.15) is 7.05 Å². The maximum absolute atomic E-state index is 2.16. The third kappa shape index (κ3) is 1.85. The first-order chi connectivity index (χ1) is 9.18. The molecule has 0 radical (unpaired) electrons. The van der Waals surface area contributed by atoms with Gasteiger partial charge < -0.3 is 0 Å². The molecule has 0 bridgehead atoms. The average molecular weight is 254 g/mol. The zero-order valence-electron chi connectivity index (χ0n) is 11.5. The average Bonchev–Trinajstić information content (AvgIpc) is 2.96. The van der Waals surface area contributed by atoms with Crippen molar-refractivity contribution < 1.29 is 9.36 Å². The maximum Gasteiger partial charge on any atom is 0.362 e. The van der Waals surface area contributed by atoms with Crippen LogP contribution in [0.1, 0.15) is 5.56 Å². The molecule has 0 fully saturated rings. The Labute approximate surface area is 112 Å². The molecule has 0 N–H and O–H groups in total. The highest BCUT2D eigenvalue weighted by molar-refractivity contribution is 5.38. The van der Waals surface area contributed by atoms with Crippen molar-refractivity contribution in [2.24, 2.45) is 14.1 Å². The standard InChI is InChI=1S/C15H18N4/c1-13-7-4-5-8-14(13)18-12-9-15(17(18)3)19-11-6-10-16(19)2/h4-12H,1-3H3/q+2. The number of benzene rings is 1. The Morgan fingerprint density at radius 2 is 1.68 bits per heavy atom. The lowest BCUT2D eigenvalue weighted by Gasteiger charge is -2.06. The van der Waals surface area contributed by atoms with E-state index in [1.807, 2.05) is 19.3 Å². The number of hydrogen-bond acceptors (Lipinski definition) is 0. The number of para-hydroxylation sites is 1. The van der Waals surface area contributed by atoms with Gasteiger partial charge in [-0.3, -0.25) is 0 Å².